The summed E-state index contributed by atoms with van der Waals surface area (Å²) in [6.45, 7) is 3.42. The molecule has 0 heterocycles. The molecular formula is C8H11FO. The van der Waals surface area contributed by atoms with Crippen molar-refractivity contribution in [2.24, 2.45) is 0 Å². The zero-order valence-corrected chi connectivity index (χ0v) is 6.13. The highest BCUT2D eigenvalue weighted by Crippen LogP contribution is 2.04. The van der Waals surface area contributed by atoms with Gasteiger partial charge in [0.2, 0.25) is 0 Å². The first-order valence-electron chi connectivity index (χ1n) is 3.01. The summed E-state index contributed by atoms with van der Waals surface area (Å²) in [5.41, 5.74) is 0.649. The van der Waals surface area contributed by atoms with Gasteiger partial charge in [0.25, 0.3) is 0 Å². The SMILES string of the molecule is C\C=C(O)/C(C)=C\C=C\F. The minimum atomic E-state index is 0.179. The molecule has 0 aliphatic rings. The minimum absolute atomic E-state index is 0.179. The number of allylic oxidation sites excluding steroid dienone is 4. The Morgan fingerprint density at radius 2 is 2.10 bits per heavy atom. The molecule has 0 spiro atoms. The fraction of sp³-hybridized carbons (Fsp3) is 0.250. The van der Waals surface area contributed by atoms with Gasteiger partial charge < -0.3 is 5.11 Å². The number of hydrogen-bond donors (Lipinski definition) is 1. The summed E-state index contributed by atoms with van der Waals surface area (Å²) in [5, 5.41) is 8.99. The van der Waals surface area contributed by atoms with Crippen LogP contribution >= 0.6 is 0 Å². The Hall–Kier alpha value is -1.05. The van der Waals surface area contributed by atoms with Crippen molar-refractivity contribution in [2.75, 3.05) is 0 Å². The van der Waals surface area contributed by atoms with Crippen molar-refractivity contribution in [1.82, 2.24) is 0 Å². The molecule has 0 saturated carbocycles. The molecule has 0 aromatic heterocycles. The number of rotatable bonds is 2. The second-order valence-electron chi connectivity index (χ2n) is 1.84. The lowest BCUT2D eigenvalue weighted by atomic mass is 10.2. The maximum Gasteiger partial charge on any atom is 0.114 e. The van der Waals surface area contributed by atoms with Crippen LogP contribution in [0.4, 0.5) is 4.39 Å². The van der Waals surface area contributed by atoms with Gasteiger partial charge in [-0.3, -0.25) is 0 Å². The van der Waals surface area contributed by atoms with E-state index in [9.17, 15) is 4.39 Å². The number of hydrogen-bond acceptors (Lipinski definition) is 1. The average molecular weight is 142 g/mol. The molecular weight excluding hydrogens is 131 g/mol. The Labute approximate surface area is 60.2 Å². The number of aliphatic hydroxyl groups excluding tert-OH is 1. The Morgan fingerprint density at radius 1 is 1.50 bits per heavy atom. The summed E-state index contributed by atoms with van der Waals surface area (Å²) in [6.07, 6.45) is 4.70. The molecule has 0 unspecified atom stereocenters. The van der Waals surface area contributed by atoms with Crippen LogP contribution < -0.4 is 0 Å². The zero-order valence-electron chi connectivity index (χ0n) is 6.13. The second-order valence-corrected chi connectivity index (χ2v) is 1.84. The lowest BCUT2D eigenvalue weighted by Crippen LogP contribution is -1.80. The summed E-state index contributed by atoms with van der Waals surface area (Å²) in [4.78, 5) is 0. The van der Waals surface area contributed by atoms with Crippen molar-refractivity contribution in [3.8, 4) is 0 Å². The first kappa shape index (κ1) is 8.95. The standard InChI is InChI=1S/C8H11FO/c1-3-8(10)7(2)5-4-6-9/h3-6,10H,1-2H3/b6-4+,7-5-,8-3+. The van der Waals surface area contributed by atoms with Crippen LogP contribution in [0.3, 0.4) is 0 Å². The Balaban J connectivity index is 4.19. The Bertz CT molecular complexity index is 178. The predicted molar refractivity (Wildman–Crippen MR) is 40.4 cm³/mol. The van der Waals surface area contributed by atoms with Crippen LogP contribution in [0.5, 0.6) is 0 Å². The Morgan fingerprint density at radius 3 is 2.50 bits per heavy atom. The molecule has 1 nitrogen and oxygen atoms in total. The van der Waals surface area contributed by atoms with Crippen molar-refractivity contribution in [3.05, 3.63) is 35.9 Å². The molecule has 1 N–H and O–H groups in total. The molecule has 0 aliphatic carbocycles. The van der Waals surface area contributed by atoms with Crippen molar-refractivity contribution in [1.29, 1.82) is 0 Å². The van der Waals surface area contributed by atoms with E-state index in [-0.39, 0.29) is 5.76 Å². The van der Waals surface area contributed by atoms with E-state index in [2.05, 4.69) is 0 Å². The van der Waals surface area contributed by atoms with Crippen LogP contribution in [-0.4, -0.2) is 5.11 Å². The van der Waals surface area contributed by atoms with Crippen LogP contribution in [0.15, 0.2) is 35.9 Å². The fourth-order valence-electron chi connectivity index (χ4n) is 0.494. The van der Waals surface area contributed by atoms with E-state index in [0.717, 1.165) is 0 Å². The Kier molecular flexibility index (Phi) is 4.29. The lowest BCUT2D eigenvalue weighted by Gasteiger charge is -1.94. The fourth-order valence-corrected chi connectivity index (χ4v) is 0.494. The summed E-state index contributed by atoms with van der Waals surface area (Å²) < 4.78 is 11.4. The molecule has 0 amide bonds. The molecule has 0 radical (unpaired) electrons. The van der Waals surface area contributed by atoms with Gasteiger partial charge >= 0.3 is 0 Å². The second kappa shape index (κ2) is 4.79. The first-order chi connectivity index (χ1) is 4.72. The monoisotopic (exact) mass is 142 g/mol. The van der Waals surface area contributed by atoms with Crippen LogP contribution in [0, 0.1) is 0 Å². The van der Waals surface area contributed by atoms with E-state index < -0.39 is 0 Å². The van der Waals surface area contributed by atoms with Gasteiger partial charge in [0.05, 0.1) is 6.33 Å². The molecule has 0 atom stereocenters. The summed E-state index contributed by atoms with van der Waals surface area (Å²) in [7, 11) is 0. The van der Waals surface area contributed by atoms with Crippen LogP contribution in [-0.2, 0) is 0 Å². The average Bonchev–Trinajstić information content (AvgIpc) is 1.98. The molecule has 0 bridgehead atoms. The normalized spacial score (nSPS) is 14.7. The lowest BCUT2D eigenvalue weighted by molar-refractivity contribution is 0.422. The summed E-state index contributed by atoms with van der Waals surface area (Å²) in [5.74, 6) is 0.179. The molecule has 10 heavy (non-hydrogen) atoms. The maximum absolute atomic E-state index is 11.4. The molecule has 0 aromatic carbocycles. The van der Waals surface area contributed by atoms with E-state index in [4.69, 9.17) is 5.11 Å². The van der Waals surface area contributed by atoms with Crippen molar-refractivity contribution in [3.63, 3.8) is 0 Å². The van der Waals surface area contributed by atoms with Gasteiger partial charge in [-0.1, -0.05) is 6.08 Å². The summed E-state index contributed by atoms with van der Waals surface area (Å²) in [6, 6.07) is 0. The van der Waals surface area contributed by atoms with Gasteiger partial charge in [-0.25, -0.2) is 4.39 Å². The molecule has 56 valence electrons. The quantitative estimate of drug-likeness (QED) is 0.464. The third-order valence-corrected chi connectivity index (χ3v) is 1.10. The summed E-state index contributed by atoms with van der Waals surface area (Å²) >= 11 is 0. The molecule has 0 fully saturated rings. The molecule has 0 aromatic rings. The maximum atomic E-state index is 11.4. The van der Waals surface area contributed by atoms with E-state index in [0.29, 0.717) is 11.9 Å². The van der Waals surface area contributed by atoms with Crippen molar-refractivity contribution < 1.29 is 9.50 Å². The van der Waals surface area contributed by atoms with E-state index in [1.165, 1.54) is 12.2 Å². The van der Waals surface area contributed by atoms with Gasteiger partial charge in [0.15, 0.2) is 0 Å². The highest BCUT2D eigenvalue weighted by atomic mass is 19.1. The van der Waals surface area contributed by atoms with E-state index in [1.807, 2.05) is 0 Å². The van der Waals surface area contributed by atoms with Crippen molar-refractivity contribution in [2.45, 2.75) is 13.8 Å². The van der Waals surface area contributed by atoms with E-state index >= 15 is 0 Å². The smallest absolute Gasteiger partial charge is 0.114 e. The van der Waals surface area contributed by atoms with Gasteiger partial charge in [-0.15, -0.1) is 0 Å². The molecule has 0 saturated heterocycles. The molecule has 0 aliphatic heterocycles. The molecule has 2 heteroatoms. The van der Waals surface area contributed by atoms with Crippen LogP contribution in [0.25, 0.3) is 0 Å². The minimum Gasteiger partial charge on any atom is -0.508 e. The largest absolute Gasteiger partial charge is 0.508 e. The predicted octanol–water partition coefficient (Wildman–Crippen LogP) is 2.88. The van der Waals surface area contributed by atoms with Crippen molar-refractivity contribution >= 4 is 0 Å². The third kappa shape index (κ3) is 3.07. The molecule has 0 rings (SSSR count). The number of halogens is 1. The van der Waals surface area contributed by atoms with Gasteiger partial charge in [-0.05, 0) is 31.6 Å². The van der Waals surface area contributed by atoms with E-state index in [1.54, 1.807) is 19.9 Å². The highest BCUT2D eigenvalue weighted by molar-refractivity contribution is 5.25. The topological polar surface area (TPSA) is 20.2 Å². The third-order valence-electron chi connectivity index (χ3n) is 1.10. The number of aliphatic hydroxyl groups is 1. The van der Waals surface area contributed by atoms with Crippen LogP contribution in [0.2, 0.25) is 0 Å². The highest BCUT2D eigenvalue weighted by Gasteiger charge is 1.89. The van der Waals surface area contributed by atoms with Crippen LogP contribution in [0.1, 0.15) is 13.8 Å². The van der Waals surface area contributed by atoms with Gasteiger partial charge in [0, 0.05) is 0 Å². The van der Waals surface area contributed by atoms with Gasteiger partial charge in [0.1, 0.15) is 5.76 Å². The zero-order chi connectivity index (χ0) is 7.98. The van der Waals surface area contributed by atoms with Gasteiger partial charge in [-0.2, -0.15) is 0 Å². The first-order valence-corrected chi connectivity index (χ1v) is 3.01.